The Hall–Kier alpha value is -3.38. The highest BCUT2D eigenvalue weighted by Crippen LogP contribution is 2.28. The van der Waals surface area contributed by atoms with Gasteiger partial charge >= 0.3 is 0 Å². The van der Waals surface area contributed by atoms with E-state index in [0.29, 0.717) is 18.1 Å². The number of halogens is 2. The van der Waals surface area contributed by atoms with Crippen molar-refractivity contribution in [2.24, 2.45) is 0 Å². The Morgan fingerprint density at radius 2 is 1.82 bits per heavy atom. The molecule has 0 aliphatic rings. The van der Waals surface area contributed by atoms with Gasteiger partial charge in [-0.2, -0.15) is 0 Å². The van der Waals surface area contributed by atoms with Gasteiger partial charge in [0.05, 0.1) is 10.5 Å². The lowest BCUT2D eigenvalue weighted by Gasteiger charge is -2.11. The molecule has 0 radical (unpaired) electrons. The van der Waals surface area contributed by atoms with E-state index in [-0.39, 0.29) is 10.8 Å². The summed E-state index contributed by atoms with van der Waals surface area (Å²) in [7, 11) is 0. The fraction of sp³-hybridized carbons (Fsp3) is 0.0476. The molecule has 0 aliphatic carbocycles. The van der Waals surface area contributed by atoms with Gasteiger partial charge in [0.25, 0.3) is 0 Å². The van der Waals surface area contributed by atoms with Crippen LogP contribution in [0.2, 0.25) is 5.02 Å². The minimum Gasteiger partial charge on any atom is -0.508 e. The van der Waals surface area contributed by atoms with E-state index < -0.39 is 5.82 Å². The van der Waals surface area contributed by atoms with Crippen molar-refractivity contribution in [3.8, 4) is 5.75 Å². The molecular weight excluding hydrogens is 379 g/mol. The zero-order valence-corrected chi connectivity index (χ0v) is 15.4. The molecule has 0 saturated carbocycles. The maximum absolute atomic E-state index is 13.4. The smallest absolute Gasteiger partial charge is 0.141 e. The fourth-order valence-corrected chi connectivity index (χ4v) is 3.03. The molecule has 0 spiro atoms. The third kappa shape index (κ3) is 3.97. The number of hydrogen-bond acceptors (Lipinski definition) is 5. The number of aromatic hydroxyl groups is 1. The highest BCUT2D eigenvalue weighted by molar-refractivity contribution is 6.31. The molecule has 7 heteroatoms. The molecule has 28 heavy (non-hydrogen) atoms. The predicted octanol–water partition coefficient (Wildman–Crippen LogP) is 5.48. The normalized spacial score (nSPS) is 10.8. The van der Waals surface area contributed by atoms with Gasteiger partial charge in [-0.3, -0.25) is 0 Å². The highest BCUT2D eigenvalue weighted by Gasteiger charge is 2.07. The third-order valence-electron chi connectivity index (χ3n) is 4.22. The van der Waals surface area contributed by atoms with Crippen LogP contribution in [0.3, 0.4) is 0 Å². The topological polar surface area (TPSA) is 70.1 Å². The molecule has 3 aromatic carbocycles. The number of nitrogens with one attached hydrogen (secondary N) is 2. The molecule has 0 aliphatic heterocycles. The molecule has 0 atom stereocenters. The Bertz CT molecular complexity index is 1150. The molecule has 5 nitrogen and oxygen atoms in total. The first kappa shape index (κ1) is 18.0. The van der Waals surface area contributed by atoms with Gasteiger partial charge in [-0.15, -0.1) is 0 Å². The molecule has 0 bridgehead atoms. The van der Waals surface area contributed by atoms with E-state index in [2.05, 4.69) is 20.6 Å². The minimum absolute atomic E-state index is 0.0387. The van der Waals surface area contributed by atoms with E-state index in [4.69, 9.17) is 11.6 Å². The molecule has 1 aromatic heterocycles. The molecule has 3 N–H and O–H groups in total. The van der Waals surface area contributed by atoms with Crippen LogP contribution in [0.1, 0.15) is 5.56 Å². The van der Waals surface area contributed by atoms with Crippen LogP contribution in [0, 0.1) is 5.82 Å². The SMILES string of the molecule is Oc1cccc(CNc2ccc3ncnc(Nc4ccc(F)c(Cl)c4)c3c2)c1. The quantitative estimate of drug-likeness (QED) is 0.418. The summed E-state index contributed by atoms with van der Waals surface area (Å²) in [6, 6.07) is 17.2. The maximum atomic E-state index is 13.4. The molecule has 1 heterocycles. The Morgan fingerprint density at radius 3 is 2.64 bits per heavy atom. The summed E-state index contributed by atoms with van der Waals surface area (Å²) in [6.07, 6.45) is 1.47. The van der Waals surface area contributed by atoms with Gasteiger partial charge in [0.1, 0.15) is 23.7 Å². The summed E-state index contributed by atoms with van der Waals surface area (Å²) >= 11 is 5.86. The van der Waals surface area contributed by atoms with E-state index in [1.807, 2.05) is 24.3 Å². The van der Waals surface area contributed by atoms with Crippen molar-refractivity contribution < 1.29 is 9.50 Å². The number of hydrogen-bond donors (Lipinski definition) is 3. The van der Waals surface area contributed by atoms with Gasteiger partial charge < -0.3 is 15.7 Å². The van der Waals surface area contributed by atoms with Gasteiger partial charge in [-0.25, -0.2) is 14.4 Å². The number of benzene rings is 3. The van der Waals surface area contributed by atoms with Crippen molar-refractivity contribution in [3.63, 3.8) is 0 Å². The van der Waals surface area contributed by atoms with E-state index in [1.165, 1.54) is 18.5 Å². The maximum Gasteiger partial charge on any atom is 0.141 e. The average Bonchev–Trinajstić information content (AvgIpc) is 2.69. The third-order valence-corrected chi connectivity index (χ3v) is 4.51. The summed E-state index contributed by atoms with van der Waals surface area (Å²) in [4.78, 5) is 8.59. The van der Waals surface area contributed by atoms with E-state index in [0.717, 1.165) is 22.2 Å². The number of aromatic nitrogens is 2. The van der Waals surface area contributed by atoms with Gasteiger partial charge in [0, 0.05) is 23.3 Å². The summed E-state index contributed by atoms with van der Waals surface area (Å²) in [5.74, 6) is 0.350. The molecule has 0 fully saturated rings. The first-order valence-corrected chi connectivity index (χ1v) is 8.95. The lowest BCUT2D eigenvalue weighted by Crippen LogP contribution is -2.00. The predicted molar refractivity (Wildman–Crippen MR) is 110 cm³/mol. The largest absolute Gasteiger partial charge is 0.508 e. The van der Waals surface area contributed by atoms with Crippen LogP contribution < -0.4 is 10.6 Å². The Labute approximate surface area is 165 Å². The number of phenols is 1. The summed E-state index contributed by atoms with van der Waals surface area (Å²) < 4.78 is 13.4. The fourth-order valence-electron chi connectivity index (χ4n) is 2.85. The van der Waals surface area contributed by atoms with Gasteiger partial charge in [0.2, 0.25) is 0 Å². The first-order chi connectivity index (χ1) is 13.6. The van der Waals surface area contributed by atoms with Crippen molar-refractivity contribution in [2.45, 2.75) is 6.54 Å². The van der Waals surface area contributed by atoms with Crippen LogP contribution in [0.5, 0.6) is 5.75 Å². The number of fused-ring (bicyclic) bond motifs is 1. The Balaban J connectivity index is 1.60. The second kappa shape index (κ2) is 7.70. The monoisotopic (exact) mass is 394 g/mol. The van der Waals surface area contributed by atoms with Gasteiger partial charge in [0.15, 0.2) is 0 Å². The van der Waals surface area contributed by atoms with Crippen molar-refractivity contribution in [3.05, 3.63) is 83.4 Å². The summed E-state index contributed by atoms with van der Waals surface area (Å²) in [6.45, 7) is 0.559. The van der Waals surface area contributed by atoms with E-state index in [9.17, 15) is 9.50 Å². The lowest BCUT2D eigenvalue weighted by atomic mass is 10.1. The highest BCUT2D eigenvalue weighted by atomic mass is 35.5. The summed E-state index contributed by atoms with van der Waals surface area (Å²) in [5, 5.41) is 16.9. The molecular formula is C21H16ClFN4O. The Kier molecular flexibility index (Phi) is 4.95. The van der Waals surface area contributed by atoms with Crippen molar-refractivity contribution in [2.75, 3.05) is 10.6 Å². The molecule has 4 aromatic rings. The standard InChI is InChI=1S/C21H16ClFN4O/c22-18-10-15(4-6-19(18)23)27-21-17-9-14(5-7-20(17)25-12-26-21)24-11-13-2-1-3-16(28)8-13/h1-10,12,24,28H,11H2,(H,25,26,27). The molecule has 0 unspecified atom stereocenters. The minimum atomic E-state index is -0.474. The van der Waals surface area contributed by atoms with Crippen LogP contribution in [0.4, 0.5) is 21.6 Å². The molecule has 0 amide bonds. The van der Waals surface area contributed by atoms with Crippen molar-refractivity contribution in [1.29, 1.82) is 0 Å². The zero-order chi connectivity index (χ0) is 19.5. The molecule has 140 valence electrons. The van der Waals surface area contributed by atoms with Gasteiger partial charge in [-0.1, -0.05) is 23.7 Å². The van der Waals surface area contributed by atoms with E-state index >= 15 is 0 Å². The second-order valence-electron chi connectivity index (χ2n) is 6.23. The Morgan fingerprint density at radius 1 is 0.964 bits per heavy atom. The lowest BCUT2D eigenvalue weighted by molar-refractivity contribution is 0.474. The molecule has 4 rings (SSSR count). The van der Waals surface area contributed by atoms with Gasteiger partial charge in [-0.05, 0) is 54.1 Å². The van der Waals surface area contributed by atoms with Crippen LogP contribution in [0.25, 0.3) is 10.9 Å². The van der Waals surface area contributed by atoms with Crippen molar-refractivity contribution >= 4 is 39.7 Å². The number of phenolic OH excluding ortho intramolecular Hbond substituents is 1. The van der Waals surface area contributed by atoms with Crippen LogP contribution in [-0.4, -0.2) is 15.1 Å². The second-order valence-corrected chi connectivity index (χ2v) is 6.64. The van der Waals surface area contributed by atoms with Crippen LogP contribution in [-0.2, 0) is 6.54 Å². The average molecular weight is 395 g/mol. The van der Waals surface area contributed by atoms with Crippen LogP contribution >= 0.6 is 11.6 Å². The zero-order valence-electron chi connectivity index (χ0n) is 14.7. The molecule has 0 saturated heterocycles. The first-order valence-electron chi connectivity index (χ1n) is 8.57. The number of anilines is 3. The van der Waals surface area contributed by atoms with E-state index in [1.54, 1.807) is 24.3 Å². The van der Waals surface area contributed by atoms with Crippen molar-refractivity contribution in [1.82, 2.24) is 9.97 Å². The van der Waals surface area contributed by atoms with Crippen LogP contribution in [0.15, 0.2) is 67.0 Å². The number of rotatable bonds is 5. The summed E-state index contributed by atoms with van der Waals surface area (Å²) in [5.41, 5.74) is 3.24. The number of nitrogens with zero attached hydrogens (tertiary/aromatic N) is 2.